The average molecular weight is 264 g/mol. The van der Waals surface area contributed by atoms with Crippen LogP contribution >= 0.6 is 24.0 Å². The van der Waals surface area contributed by atoms with Crippen LogP contribution in [0.4, 0.5) is 0 Å². The molecule has 1 rings (SSSR count). The van der Waals surface area contributed by atoms with Gasteiger partial charge in [-0.25, -0.2) is 4.79 Å². The van der Waals surface area contributed by atoms with Crippen LogP contribution in [0.15, 0.2) is 29.4 Å². The Labute approximate surface area is 104 Å². The van der Waals surface area contributed by atoms with E-state index in [0.29, 0.717) is 10.7 Å². The van der Waals surface area contributed by atoms with E-state index in [0.717, 1.165) is 5.56 Å². The van der Waals surface area contributed by atoms with Crippen LogP contribution in [-0.2, 0) is 9.63 Å². The maximum absolute atomic E-state index is 10.2. The van der Waals surface area contributed by atoms with Crippen LogP contribution in [-0.4, -0.2) is 23.4 Å². The Bertz CT molecular complexity index is 376. The van der Waals surface area contributed by atoms with Gasteiger partial charge < -0.3 is 9.94 Å². The van der Waals surface area contributed by atoms with E-state index in [-0.39, 0.29) is 12.4 Å². The number of carboxylic acids is 1. The molecule has 0 saturated carbocycles. The lowest BCUT2D eigenvalue weighted by atomic mass is 10.1. The lowest BCUT2D eigenvalue weighted by Crippen LogP contribution is -2.05. The standard InChI is InChI=1S/C10H10ClNO3.ClH/c1-7(12-15-6-10(13)14)8-2-4-9(11)5-3-8;/h2-5H,6H2,1H3,(H,13,14);1H/b12-7-;. The van der Waals surface area contributed by atoms with Crippen LogP contribution in [0.1, 0.15) is 12.5 Å². The van der Waals surface area contributed by atoms with Crippen molar-refractivity contribution in [1.29, 1.82) is 0 Å². The zero-order chi connectivity index (χ0) is 11.3. The van der Waals surface area contributed by atoms with Gasteiger partial charge in [-0.1, -0.05) is 28.9 Å². The van der Waals surface area contributed by atoms with Crippen molar-refractivity contribution in [2.45, 2.75) is 6.92 Å². The molecule has 0 aromatic heterocycles. The first-order valence-corrected chi connectivity index (χ1v) is 4.61. The van der Waals surface area contributed by atoms with Crippen molar-refractivity contribution in [1.82, 2.24) is 0 Å². The first-order chi connectivity index (χ1) is 7.09. The maximum Gasteiger partial charge on any atom is 0.344 e. The van der Waals surface area contributed by atoms with E-state index in [2.05, 4.69) is 9.99 Å². The highest BCUT2D eigenvalue weighted by Gasteiger charge is 1.99. The highest BCUT2D eigenvalue weighted by Crippen LogP contribution is 2.10. The van der Waals surface area contributed by atoms with Crippen molar-refractivity contribution in [3.05, 3.63) is 34.9 Å². The van der Waals surface area contributed by atoms with Crippen LogP contribution in [0.2, 0.25) is 5.02 Å². The quantitative estimate of drug-likeness (QED) is 0.671. The summed E-state index contributed by atoms with van der Waals surface area (Å²) < 4.78 is 0. The van der Waals surface area contributed by atoms with Gasteiger partial charge in [0.05, 0.1) is 5.71 Å². The summed E-state index contributed by atoms with van der Waals surface area (Å²) in [7, 11) is 0. The second-order valence-electron chi connectivity index (χ2n) is 2.85. The number of rotatable bonds is 4. The number of benzene rings is 1. The van der Waals surface area contributed by atoms with Crippen LogP contribution in [0.5, 0.6) is 0 Å². The number of halogens is 2. The number of hydrogen-bond acceptors (Lipinski definition) is 3. The summed E-state index contributed by atoms with van der Waals surface area (Å²) in [6.45, 7) is 1.29. The third-order valence-corrected chi connectivity index (χ3v) is 1.90. The van der Waals surface area contributed by atoms with Gasteiger partial charge >= 0.3 is 5.97 Å². The summed E-state index contributed by atoms with van der Waals surface area (Å²) in [6, 6.07) is 7.02. The Balaban J connectivity index is 0.00000225. The molecule has 0 aliphatic rings. The molecular formula is C10H11Cl2NO3. The fraction of sp³-hybridized carbons (Fsp3) is 0.200. The van der Waals surface area contributed by atoms with Crippen LogP contribution in [0.25, 0.3) is 0 Å². The Hall–Kier alpha value is -1.26. The summed E-state index contributed by atoms with van der Waals surface area (Å²) in [5, 5.41) is 12.6. The molecule has 6 heteroatoms. The minimum absolute atomic E-state index is 0. The molecule has 88 valence electrons. The SMILES string of the molecule is C/C(=N/OCC(=O)O)c1ccc(Cl)cc1.Cl. The first-order valence-electron chi connectivity index (χ1n) is 4.24. The third kappa shape index (κ3) is 5.00. The highest BCUT2D eigenvalue weighted by atomic mass is 35.5. The van der Waals surface area contributed by atoms with E-state index in [1.807, 2.05) is 0 Å². The maximum atomic E-state index is 10.2. The van der Waals surface area contributed by atoms with Crippen LogP contribution in [0, 0.1) is 0 Å². The van der Waals surface area contributed by atoms with Gasteiger partial charge in [-0.3, -0.25) is 0 Å². The van der Waals surface area contributed by atoms with E-state index in [4.69, 9.17) is 16.7 Å². The molecule has 0 bridgehead atoms. The number of oxime groups is 1. The largest absolute Gasteiger partial charge is 0.479 e. The molecule has 0 aliphatic carbocycles. The van der Waals surface area contributed by atoms with Crippen LogP contribution < -0.4 is 0 Å². The Morgan fingerprint density at radius 1 is 1.44 bits per heavy atom. The number of nitrogens with zero attached hydrogens (tertiary/aromatic N) is 1. The molecule has 0 amide bonds. The van der Waals surface area contributed by atoms with Crippen molar-refractivity contribution in [3.8, 4) is 0 Å². The lowest BCUT2D eigenvalue weighted by Gasteiger charge is -2.00. The molecule has 1 aromatic rings. The van der Waals surface area contributed by atoms with Crippen molar-refractivity contribution in [2.24, 2.45) is 5.16 Å². The van der Waals surface area contributed by atoms with Gasteiger partial charge in [0.2, 0.25) is 6.61 Å². The van der Waals surface area contributed by atoms with E-state index in [1.165, 1.54) is 0 Å². The fourth-order valence-electron chi connectivity index (χ4n) is 0.928. The van der Waals surface area contributed by atoms with E-state index in [1.54, 1.807) is 31.2 Å². The molecule has 0 atom stereocenters. The first kappa shape index (κ1) is 14.7. The molecule has 0 fully saturated rings. The van der Waals surface area contributed by atoms with Gasteiger partial charge in [0.15, 0.2) is 0 Å². The second-order valence-corrected chi connectivity index (χ2v) is 3.29. The van der Waals surface area contributed by atoms with E-state index < -0.39 is 12.6 Å². The number of hydrogen-bond donors (Lipinski definition) is 1. The van der Waals surface area contributed by atoms with E-state index in [9.17, 15) is 4.79 Å². The zero-order valence-electron chi connectivity index (χ0n) is 8.51. The lowest BCUT2D eigenvalue weighted by molar-refractivity contribution is -0.142. The Kier molecular flexibility index (Phi) is 6.53. The third-order valence-electron chi connectivity index (χ3n) is 1.65. The summed E-state index contributed by atoms with van der Waals surface area (Å²) in [6.07, 6.45) is 0. The molecule has 1 N–H and O–H groups in total. The summed E-state index contributed by atoms with van der Waals surface area (Å²) in [5.74, 6) is -1.05. The van der Waals surface area contributed by atoms with Gasteiger partial charge in [-0.05, 0) is 24.6 Å². The number of aliphatic carboxylic acids is 1. The van der Waals surface area contributed by atoms with Gasteiger partial charge in [0, 0.05) is 5.02 Å². The van der Waals surface area contributed by atoms with E-state index >= 15 is 0 Å². The van der Waals surface area contributed by atoms with Crippen molar-refractivity contribution < 1.29 is 14.7 Å². The van der Waals surface area contributed by atoms with Gasteiger partial charge in [-0.15, -0.1) is 12.4 Å². The van der Waals surface area contributed by atoms with Crippen molar-refractivity contribution in [2.75, 3.05) is 6.61 Å². The number of carboxylic acid groups (broad SMARTS) is 1. The molecule has 0 aliphatic heterocycles. The smallest absolute Gasteiger partial charge is 0.344 e. The van der Waals surface area contributed by atoms with Gasteiger partial charge in [-0.2, -0.15) is 0 Å². The Morgan fingerprint density at radius 2 is 2.00 bits per heavy atom. The predicted octanol–water partition coefficient (Wildman–Crippen LogP) is 2.59. The molecule has 0 unspecified atom stereocenters. The molecule has 16 heavy (non-hydrogen) atoms. The predicted molar refractivity (Wildman–Crippen MR) is 64.5 cm³/mol. The van der Waals surface area contributed by atoms with Crippen LogP contribution in [0.3, 0.4) is 0 Å². The van der Waals surface area contributed by atoms with Gasteiger partial charge in [0.25, 0.3) is 0 Å². The summed E-state index contributed by atoms with van der Waals surface area (Å²) >= 11 is 5.71. The Morgan fingerprint density at radius 3 is 2.50 bits per heavy atom. The van der Waals surface area contributed by atoms with Crippen molar-refractivity contribution in [3.63, 3.8) is 0 Å². The molecule has 0 saturated heterocycles. The summed E-state index contributed by atoms with van der Waals surface area (Å²) in [4.78, 5) is 14.7. The highest BCUT2D eigenvalue weighted by molar-refractivity contribution is 6.30. The molecule has 0 radical (unpaired) electrons. The minimum Gasteiger partial charge on any atom is -0.479 e. The fourth-order valence-corrected chi connectivity index (χ4v) is 1.05. The summed E-state index contributed by atoms with van der Waals surface area (Å²) in [5.41, 5.74) is 1.44. The second kappa shape index (κ2) is 7.09. The minimum atomic E-state index is -1.05. The monoisotopic (exact) mass is 263 g/mol. The topological polar surface area (TPSA) is 58.9 Å². The van der Waals surface area contributed by atoms with Crippen molar-refractivity contribution >= 4 is 35.7 Å². The number of carbonyl (C=O) groups is 1. The molecule has 0 spiro atoms. The normalized spacial score (nSPS) is 10.5. The average Bonchev–Trinajstić information content (AvgIpc) is 2.18. The molecular weight excluding hydrogens is 253 g/mol. The molecule has 1 aromatic carbocycles. The molecule has 4 nitrogen and oxygen atoms in total. The molecule has 0 heterocycles. The van der Waals surface area contributed by atoms with Gasteiger partial charge in [0.1, 0.15) is 0 Å². The zero-order valence-corrected chi connectivity index (χ0v) is 10.1.